The van der Waals surface area contributed by atoms with Crippen molar-refractivity contribution < 1.29 is 28.7 Å². The number of hydrogen-bond acceptors (Lipinski definition) is 7. The lowest BCUT2D eigenvalue weighted by atomic mass is 9.99. The van der Waals surface area contributed by atoms with Crippen LogP contribution >= 0.6 is 0 Å². The zero-order chi connectivity index (χ0) is 35.8. The highest BCUT2D eigenvalue weighted by atomic mass is 28.3. The highest BCUT2D eigenvalue weighted by Gasteiger charge is 2.22. The van der Waals surface area contributed by atoms with Gasteiger partial charge in [0.1, 0.15) is 18.6 Å². The Morgan fingerprint density at radius 3 is 2.59 bits per heavy atom. The molecule has 0 spiro atoms. The number of ether oxygens (including phenoxy) is 2. The summed E-state index contributed by atoms with van der Waals surface area (Å²) in [5.41, 5.74) is 2.40. The number of nitrogens with one attached hydrogen (secondary N) is 1. The largest absolute Gasteiger partial charge is 0.443 e. The second-order valence-corrected chi connectivity index (χ2v) is 20.1. The standard InChI is InChI=1S/C37H47N5O6Si/c1-27-8-10-28(11-9-27)21-41-22-31(20-38-41)35(45)39-32(23-40(25-44)26-47-16-17-49(5,6)7)13-14-33-19-30-18-29(24-43)12-15-34(30)42(33)36(46)48-37(2,3)4/h8,10-15,18-20,22-25,27H,9,16-17,21,26H2,1-7H3,(H,39,45)/b14-13+,32-23+. The molecule has 1 N–H and O–H groups in total. The van der Waals surface area contributed by atoms with Gasteiger partial charge in [0.15, 0.2) is 0 Å². The fourth-order valence-corrected chi connectivity index (χ4v) is 5.68. The van der Waals surface area contributed by atoms with Crippen molar-refractivity contribution in [2.45, 2.75) is 71.9 Å². The van der Waals surface area contributed by atoms with Crippen LogP contribution in [0.2, 0.25) is 25.7 Å². The molecular weight excluding hydrogens is 639 g/mol. The maximum atomic E-state index is 13.5. The van der Waals surface area contributed by atoms with Gasteiger partial charge in [-0.25, -0.2) is 9.36 Å². The van der Waals surface area contributed by atoms with E-state index in [4.69, 9.17) is 9.47 Å². The maximum absolute atomic E-state index is 13.5. The van der Waals surface area contributed by atoms with E-state index < -0.39 is 25.7 Å². The Balaban J connectivity index is 1.64. The number of carbonyl (C=O) groups excluding carboxylic acids is 4. The average Bonchev–Trinajstić information content (AvgIpc) is 3.65. The molecule has 3 aromatic rings. The van der Waals surface area contributed by atoms with Crippen molar-refractivity contribution in [2.75, 3.05) is 13.3 Å². The number of amides is 2. The van der Waals surface area contributed by atoms with E-state index in [-0.39, 0.29) is 12.4 Å². The molecule has 2 heterocycles. The highest BCUT2D eigenvalue weighted by Crippen LogP contribution is 2.25. The van der Waals surface area contributed by atoms with Gasteiger partial charge >= 0.3 is 6.09 Å². The molecule has 49 heavy (non-hydrogen) atoms. The van der Waals surface area contributed by atoms with Crippen molar-refractivity contribution in [1.29, 1.82) is 0 Å². The van der Waals surface area contributed by atoms with E-state index in [2.05, 4.69) is 55.2 Å². The van der Waals surface area contributed by atoms with E-state index >= 15 is 0 Å². The lowest BCUT2D eigenvalue weighted by Crippen LogP contribution is -2.28. The molecule has 1 aliphatic carbocycles. The van der Waals surface area contributed by atoms with Crippen LogP contribution in [0.25, 0.3) is 17.0 Å². The van der Waals surface area contributed by atoms with Gasteiger partial charge in [0.2, 0.25) is 6.41 Å². The molecule has 1 atom stereocenters. The van der Waals surface area contributed by atoms with Crippen molar-refractivity contribution in [3.05, 3.63) is 95.3 Å². The van der Waals surface area contributed by atoms with E-state index in [0.717, 1.165) is 24.3 Å². The predicted octanol–water partition coefficient (Wildman–Crippen LogP) is 7.01. The van der Waals surface area contributed by atoms with E-state index in [1.165, 1.54) is 21.9 Å². The number of aromatic nitrogens is 3. The van der Waals surface area contributed by atoms with Crippen molar-refractivity contribution in [1.82, 2.24) is 24.6 Å². The number of carbonyl (C=O) groups is 4. The number of hydrogen-bond donors (Lipinski definition) is 1. The van der Waals surface area contributed by atoms with Crippen LogP contribution in [0.15, 0.2) is 78.4 Å². The molecule has 1 aliphatic rings. The quantitative estimate of drug-likeness (QED) is 0.0636. The molecule has 4 rings (SSSR count). The molecular formula is C37H47N5O6Si. The number of aldehydes is 1. The number of rotatable bonds is 14. The summed E-state index contributed by atoms with van der Waals surface area (Å²) >= 11 is 0. The van der Waals surface area contributed by atoms with Gasteiger partial charge < -0.3 is 14.8 Å². The first kappa shape index (κ1) is 37.0. The van der Waals surface area contributed by atoms with Crippen LogP contribution in [0.3, 0.4) is 0 Å². The average molecular weight is 686 g/mol. The van der Waals surface area contributed by atoms with Gasteiger partial charge in [0.25, 0.3) is 5.91 Å². The van der Waals surface area contributed by atoms with E-state index in [0.29, 0.717) is 53.2 Å². The molecule has 1 aromatic carbocycles. The number of nitrogens with zero attached hydrogens (tertiary/aromatic N) is 4. The van der Waals surface area contributed by atoms with Crippen LogP contribution in [0.5, 0.6) is 0 Å². The van der Waals surface area contributed by atoms with E-state index in [9.17, 15) is 19.2 Å². The summed E-state index contributed by atoms with van der Waals surface area (Å²) in [6.07, 6.45) is 16.0. The first-order chi connectivity index (χ1) is 23.1. The van der Waals surface area contributed by atoms with Gasteiger partial charge in [-0.05, 0) is 81.1 Å². The summed E-state index contributed by atoms with van der Waals surface area (Å²) in [6.45, 7) is 15.3. The summed E-state index contributed by atoms with van der Waals surface area (Å²) in [7, 11) is -1.34. The summed E-state index contributed by atoms with van der Waals surface area (Å²) in [6, 6.07) is 7.67. The molecule has 260 valence electrons. The molecule has 0 fully saturated rings. The normalized spacial score (nSPS) is 15.4. The predicted molar refractivity (Wildman–Crippen MR) is 194 cm³/mol. The third-order valence-electron chi connectivity index (χ3n) is 7.57. The molecule has 0 radical (unpaired) electrons. The summed E-state index contributed by atoms with van der Waals surface area (Å²) in [5.74, 6) is 0.0644. The summed E-state index contributed by atoms with van der Waals surface area (Å²) in [5, 5.41) is 7.91. The van der Waals surface area contributed by atoms with Crippen LogP contribution in [-0.4, -0.2) is 71.0 Å². The second-order valence-electron chi connectivity index (χ2n) is 14.4. The molecule has 1 unspecified atom stereocenters. The zero-order valence-corrected chi connectivity index (χ0v) is 30.4. The van der Waals surface area contributed by atoms with Crippen LogP contribution < -0.4 is 5.32 Å². The Bertz CT molecular complexity index is 1800. The second kappa shape index (κ2) is 16.1. The minimum Gasteiger partial charge on any atom is -0.443 e. The van der Waals surface area contributed by atoms with Crippen LogP contribution in [-0.2, 0) is 20.8 Å². The van der Waals surface area contributed by atoms with Crippen LogP contribution in [0.1, 0.15) is 60.5 Å². The molecule has 2 aromatic heterocycles. The number of allylic oxidation sites excluding steroid dienone is 5. The fraction of sp³-hybridized carbons (Fsp3) is 0.378. The van der Waals surface area contributed by atoms with Gasteiger partial charge in [-0.15, -0.1) is 0 Å². The topological polar surface area (TPSA) is 125 Å². The highest BCUT2D eigenvalue weighted by molar-refractivity contribution is 6.76. The molecule has 2 amide bonds. The Morgan fingerprint density at radius 2 is 1.94 bits per heavy atom. The van der Waals surface area contributed by atoms with Gasteiger partial charge in [-0.3, -0.25) is 24.0 Å². The Morgan fingerprint density at radius 1 is 1.16 bits per heavy atom. The summed E-state index contributed by atoms with van der Waals surface area (Å²) < 4.78 is 14.6. The molecule has 0 saturated heterocycles. The Hall–Kier alpha value is -4.81. The SMILES string of the molecule is CC1C=CC(Cn2cc(C(=O)NC(/C=C/c3cc4cc(C=O)ccc4n3C(=O)OC(C)(C)C)=C/N(C=O)COCC[Si](C)(C)C)cn2)=CC1. The smallest absolute Gasteiger partial charge is 0.419 e. The minimum atomic E-state index is -1.34. The number of fused-ring (bicyclic) bond motifs is 1. The van der Waals surface area contributed by atoms with Crippen molar-refractivity contribution >= 4 is 49.7 Å². The molecule has 12 heteroatoms. The van der Waals surface area contributed by atoms with Crippen molar-refractivity contribution in [3.63, 3.8) is 0 Å². The fourth-order valence-electron chi connectivity index (χ4n) is 4.93. The number of benzene rings is 1. The zero-order valence-electron chi connectivity index (χ0n) is 29.4. The minimum absolute atomic E-state index is 0.00693. The monoisotopic (exact) mass is 685 g/mol. The van der Waals surface area contributed by atoms with Crippen molar-refractivity contribution in [2.24, 2.45) is 5.92 Å². The Labute approximate surface area is 288 Å². The van der Waals surface area contributed by atoms with E-state index in [1.807, 2.05) is 0 Å². The van der Waals surface area contributed by atoms with Crippen LogP contribution in [0, 0.1) is 5.92 Å². The molecule has 11 nitrogen and oxygen atoms in total. The molecule has 0 bridgehead atoms. The summed E-state index contributed by atoms with van der Waals surface area (Å²) in [4.78, 5) is 51.7. The van der Waals surface area contributed by atoms with Crippen LogP contribution in [0.4, 0.5) is 4.79 Å². The third-order valence-corrected chi connectivity index (χ3v) is 9.27. The lowest BCUT2D eigenvalue weighted by molar-refractivity contribution is -0.119. The molecule has 0 saturated carbocycles. The van der Waals surface area contributed by atoms with Gasteiger partial charge in [-0.1, -0.05) is 44.8 Å². The molecule has 0 aliphatic heterocycles. The maximum Gasteiger partial charge on any atom is 0.419 e. The van der Waals surface area contributed by atoms with Gasteiger partial charge in [0.05, 0.1) is 35.2 Å². The van der Waals surface area contributed by atoms with Gasteiger partial charge in [-0.2, -0.15) is 5.10 Å². The Kier molecular flexibility index (Phi) is 12.1. The van der Waals surface area contributed by atoms with Gasteiger partial charge in [0, 0.05) is 38.0 Å². The van der Waals surface area contributed by atoms with E-state index in [1.54, 1.807) is 68.1 Å². The first-order valence-electron chi connectivity index (χ1n) is 16.4. The first-order valence-corrected chi connectivity index (χ1v) is 20.1. The van der Waals surface area contributed by atoms with Crippen molar-refractivity contribution in [3.8, 4) is 0 Å². The third kappa shape index (κ3) is 11.1. The lowest BCUT2D eigenvalue weighted by Gasteiger charge is -2.20.